The van der Waals surface area contributed by atoms with Crippen LogP contribution >= 0.6 is 0 Å². The highest BCUT2D eigenvalue weighted by molar-refractivity contribution is 6.32. The van der Waals surface area contributed by atoms with Crippen LogP contribution in [0.15, 0.2) is 18.2 Å². The minimum atomic E-state index is 0.769. The number of rotatable bonds is 3. The Balaban J connectivity index is 2.72. The lowest BCUT2D eigenvalue weighted by Crippen LogP contribution is -2.04. The average molecular weight is 160 g/mol. The van der Waals surface area contributed by atoms with Crippen molar-refractivity contribution in [3.63, 3.8) is 0 Å². The molecule has 0 spiro atoms. The third kappa shape index (κ3) is 2.30. The van der Waals surface area contributed by atoms with Gasteiger partial charge in [-0.05, 0) is 25.0 Å². The summed E-state index contributed by atoms with van der Waals surface area (Å²) in [6, 6.07) is 5.70. The van der Waals surface area contributed by atoms with E-state index >= 15 is 0 Å². The van der Waals surface area contributed by atoms with Gasteiger partial charge in [-0.25, -0.2) is 0 Å². The van der Waals surface area contributed by atoms with Crippen LogP contribution in [-0.4, -0.2) is 14.5 Å². The molecule has 0 bridgehead atoms. The standard InChI is InChI=1S/C10H13BO/c1-3-6-12-10-5-4-9(11)7-8(10)2/h4-5,7H,3,6H2,1-2H3. The lowest BCUT2D eigenvalue weighted by molar-refractivity contribution is 0.315. The van der Waals surface area contributed by atoms with E-state index in [9.17, 15) is 0 Å². The monoisotopic (exact) mass is 160 g/mol. The maximum absolute atomic E-state index is 5.60. The molecule has 0 aliphatic rings. The second kappa shape index (κ2) is 4.20. The highest BCUT2D eigenvalue weighted by Gasteiger charge is 1.97. The van der Waals surface area contributed by atoms with Crippen LogP contribution in [0.5, 0.6) is 5.75 Å². The van der Waals surface area contributed by atoms with Crippen molar-refractivity contribution in [3.05, 3.63) is 23.8 Å². The summed E-state index contributed by atoms with van der Waals surface area (Å²) in [6.07, 6.45) is 1.03. The molecule has 0 heterocycles. The van der Waals surface area contributed by atoms with Crippen LogP contribution in [0.25, 0.3) is 0 Å². The average Bonchev–Trinajstić information content (AvgIpc) is 2.03. The predicted molar refractivity (Wildman–Crippen MR) is 52.4 cm³/mol. The van der Waals surface area contributed by atoms with Crippen LogP contribution in [0, 0.1) is 6.92 Å². The third-order valence-electron chi connectivity index (χ3n) is 1.66. The Labute approximate surface area is 75.2 Å². The smallest absolute Gasteiger partial charge is 0.122 e. The number of hydrogen-bond acceptors (Lipinski definition) is 1. The van der Waals surface area contributed by atoms with Crippen LogP contribution in [0.3, 0.4) is 0 Å². The van der Waals surface area contributed by atoms with E-state index in [-0.39, 0.29) is 0 Å². The molecule has 0 unspecified atom stereocenters. The molecule has 12 heavy (non-hydrogen) atoms. The van der Waals surface area contributed by atoms with E-state index in [1.54, 1.807) is 0 Å². The molecule has 0 atom stereocenters. The van der Waals surface area contributed by atoms with Gasteiger partial charge in [0.25, 0.3) is 0 Å². The Bertz CT molecular complexity index is 258. The normalized spacial score (nSPS) is 9.83. The summed E-state index contributed by atoms with van der Waals surface area (Å²) in [4.78, 5) is 0. The first-order chi connectivity index (χ1) is 5.74. The van der Waals surface area contributed by atoms with Crippen molar-refractivity contribution in [2.45, 2.75) is 20.3 Å². The summed E-state index contributed by atoms with van der Waals surface area (Å²) in [5.74, 6) is 0.936. The maximum atomic E-state index is 5.60. The lowest BCUT2D eigenvalue weighted by atomic mass is 9.94. The molecular formula is C10H13BO. The van der Waals surface area contributed by atoms with Crippen LogP contribution in [-0.2, 0) is 0 Å². The minimum Gasteiger partial charge on any atom is -0.493 e. The predicted octanol–water partition coefficient (Wildman–Crippen LogP) is 1.58. The van der Waals surface area contributed by atoms with E-state index in [1.807, 2.05) is 25.1 Å². The van der Waals surface area contributed by atoms with Gasteiger partial charge in [-0.3, -0.25) is 0 Å². The quantitative estimate of drug-likeness (QED) is 0.610. The summed E-state index contributed by atoms with van der Waals surface area (Å²) >= 11 is 0. The molecular weight excluding hydrogens is 147 g/mol. The molecule has 1 aromatic rings. The molecule has 0 fully saturated rings. The van der Waals surface area contributed by atoms with Crippen molar-refractivity contribution in [3.8, 4) is 5.75 Å². The zero-order chi connectivity index (χ0) is 8.97. The Morgan fingerprint density at radius 3 is 2.75 bits per heavy atom. The van der Waals surface area contributed by atoms with E-state index in [4.69, 9.17) is 12.6 Å². The van der Waals surface area contributed by atoms with Crippen LogP contribution in [0.4, 0.5) is 0 Å². The van der Waals surface area contributed by atoms with Gasteiger partial charge >= 0.3 is 0 Å². The van der Waals surface area contributed by atoms with Gasteiger partial charge in [0.05, 0.1) is 6.61 Å². The molecule has 1 aromatic carbocycles. The number of ether oxygens (including phenoxy) is 1. The molecule has 0 saturated heterocycles. The third-order valence-corrected chi connectivity index (χ3v) is 1.66. The van der Waals surface area contributed by atoms with E-state index in [0.29, 0.717) is 0 Å². The minimum absolute atomic E-state index is 0.769. The van der Waals surface area contributed by atoms with Gasteiger partial charge < -0.3 is 4.74 Å². The van der Waals surface area contributed by atoms with Crippen LogP contribution in [0.2, 0.25) is 0 Å². The summed E-state index contributed by atoms with van der Waals surface area (Å²) in [7, 11) is 5.60. The van der Waals surface area contributed by atoms with Crippen LogP contribution in [0.1, 0.15) is 18.9 Å². The van der Waals surface area contributed by atoms with Gasteiger partial charge in [0, 0.05) is 0 Å². The first kappa shape index (κ1) is 9.18. The largest absolute Gasteiger partial charge is 0.493 e. The van der Waals surface area contributed by atoms with Crippen molar-refractivity contribution in [2.24, 2.45) is 0 Å². The SMILES string of the molecule is [B]c1ccc(OCCC)c(C)c1. The Morgan fingerprint density at radius 1 is 1.42 bits per heavy atom. The molecule has 2 heteroatoms. The molecule has 0 aromatic heterocycles. The fraction of sp³-hybridized carbons (Fsp3) is 0.400. The first-order valence-corrected chi connectivity index (χ1v) is 4.23. The van der Waals surface area contributed by atoms with Gasteiger partial charge in [0.1, 0.15) is 13.6 Å². The Kier molecular flexibility index (Phi) is 3.21. The summed E-state index contributed by atoms with van der Waals surface area (Å²) in [6.45, 7) is 4.86. The molecule has 0 saturated carbocycles. The Morgan fingerprint density at radius 2 is 2.17 bits per heavy atom. The van der Waals surface area contributed by atoms with E-state index in [0.717, 1.165) is 29.8 Å². The molecule has 62 valence electrons. The Hall–Kier alpha value is -0.915. The highest BCUT2D eigenvalue weighted by Crippen LogP contribution is 2.14. The molecule has 0 aliphatic carbocycles. The van der Waals surface area contributed by atoms with Crippen molar-refractivity contribution in [1.82, 2.24) is 0 Å². The number of aryl methyl sites for hydroxylation is 1. The summed E-state index contributed by atoms with van der Waals surface area (Å²) in [5, 5.41) is 0. The topological polar surface area (TPSA) is 9.23 Å². The molecule has 2 radical (unpaired) electrons. The van der Waals surface area contributed by atoms with Crippen molar-refractivity contribution in [2.75, 3.05) is 6.61 Å². The molecule has 1 nitrogen and oxygen atoms in total. The summed E-state index contributed by atoms with van der Waals surface area (Å²) < 4.78 is 5.49. The van der Waals surface area contributed by atoms with Gasteiger partial charge in [-0.15, -0.1) is 0 Å². The first-order valence-electron chi connectivity index (χ1n) is 4.23. The van der Waals surface area contributed by atoms with E-state index < -0.39 is 0 Å². The zero-order valence-corrected chi connectivity index (χ0v) is 7.63. The fourth-order valence-corrected chi connectivity index (χ4v) is 1.05. The van der Waals surface area contributed by atoms with Gasteiger partial charge in [-0.2, -0.15) is 0 Å². The van der Waals surface area contributed by atoms with Gasteiger partial charge in [-0.1, -0.05) is 24.5 Å². The molecule has 1 rings (SSSR count). The maximum Gasteiger partial charge on any atom is 0.122 e. The summed E-state index contributed by atoms with van der Waals surface area (Å²) in [5.41, 5.74) is 1.89. The number of benzene rings is 1. The second-order valence-electron chi connectivity index (χ2n) is 2.87. The van der Waals surface area contributed by atoms with Gasteiger partial charge in [0.15, 0.2) is 0 Å². The zero-order valence-electron chi connectivity index (χ0n) is 7.63. The van der Waals surface area contributed by atoms with E-state index in [2.05, 4.69) is 6.92 Å². The number of hydrogen-bond donors (Lipinski definition) is 0. The molecule has 0 N–H and O–H groups in total. The fourth-order valence-electron chi connectivity index (χ4n) is 1.05. The van der Waals surface area contributed by atoms with E-state index in [1.165, 1.54) is 0 Å². The van der Waals surface area contributed by atoms with Crippen molar-refractivity contribution < 1.29 is 4.74 Å². The lowest BCUT2D eigenvalue weighted by Gasteiger charge is -2.08. The van der Waals surface area contributed by atoms with Crippen molar-refractivity contribution >= 4 is 13.3 Å². The molecule has 0 aliphatic heterocycles. The van der Waals surface area contributed by atoms with Crippen LogP contribution < -0.4 is 10.2 Å². The highest BCUT2D eigenvalue weighted by atomic mass is 16.5. The second-order valence-corrected chi connectivity index (χ2v) is 2.87. The van der Waals surface area contributed by atoms with Crippen molar-refractivity contribution in [1.29, 1.82) is 0 Å². The van der Waals surface area contributed by atoms with Gasteiger partial charge in [0.2, 0.25) is 0 Å². The molecule has 0 amide bonds.